The van der Waals surface area contributed by atoms with Crippen LogP contribution in [0.25, 0.3) is 10.8 Å². The predicted molar refractivity (Wildman–Crippen MR) is 124 cm³/mol. The predicted octanol–water partition coefficient (Wildman–Crippen LogP) is 3.39. The number of rotatable bonds is 14. The molecule has 2 aromatic carbocycles. The van der Waals surface area contributed by atoms with E-state index in [1.54, 1.807) is 6.07 Å². The molecular formula is C25H30O8. The number of hydrogen-bond donors (Lipinski definition) is 0. The summed E-state index contributed by atoms with van der Waals surface area (Å²) >= 11 is 0. The normalized spacial score (nSPS) is 12.5. The molecule has 0 radical (unpaired) electrons. The molecule has 0 fully saturated rings. The van der Waals surface area contributed by atoms with Gasteiger partial charge in [0.2, 0.25) is 0 Å². The number of aryl methyl sites for hydroxylation is 1. The molecule has 178 valence electrons. The molecule has 0 spiro atoms. The summed E-state index contributed by atoms with van der Waals surface area (Å²) in [5, 5.41) is 1.77. The van der Waals surface area contributed by atoms with Crippen molar-refractivity contribution in [2.75, 3.05) is 40.6 Å². The lowest BCUT2D eigenvalue weighted by Gasteiger charge is -2.19. The molecule has 0 N–H and O–H groups in total. The first-order valence-electron chi connectivity index (χ1n) is 10.3. The Morgan fingerprint density at radius 3 is 1.97 bits per heavy atom. The van der Waals surface area contributed by atoms with Gasteiger partial charge in [0.05, 0.1) is 13.2 Å². The van der Waals surface area contributed by atoms with Crippen LogP contribution in [0, 0.1) is 6.92 Å². The number of fused-ring (bicyclic) bond motifs is 1. The van der Waals surface area contributed by atoms with Crippen molar-refractivity contribution in [1.82, 2.24) is 0 Å². The maximum Gasteiger partial charge on any atom is 0.330 e. The van der Waals surface area contributed by atoms with E-state index >= 15 is 0 Å². The van der Waals surface area contributed by atoms with E-state index in [1.807, 2.05) is 31.2 Å². The van der Waals surface area contributed by atoms with Crippen LogP contribution >= 0.6 is 0 Å². The molecule has 2 atom stereocenters. The van der Waals surface area contributed by atoms with Gasteiger partial charge in [-0.3, -0.25) is 0 Å². The van der Waals surface area contributed by atoms with Crippen molar-refractivity contribution >= 4 is 22.7 Å². The van der Waals surface area contributed by atoms with E-state index in [0.29, 0.717) is 11.5 Å². The number of methoxy groups -OCH3 is 2. The van der Waals surface area contributed by atoms with Gasteiger partial charge in [-0.1, -0.05) is 25.3 Å². The van der Waals surface area contributed by atoms with Crippen molar-refractivity contribution in [3.8, 4) is 11.5 Å². The number of ether oxygens (including phenoxy) is 6. The molecule has 0 aromatic heterocycles. The molecule has 0 saturated heterocycles. The first-order valence-corrected chi connectivity index (χ1v) is 10.3. The summed E-state index contributed by atoms with van der Waals surface area (Å²) in [5.41, 5.74) is 0.930. The SMILES string of the molecule is C=CC(=O)OC(COC)COc1ccc2c(OCC(COC)OC(=O)C=C)c(C)ccc2c1. The van der Waals surface area contributed by atoms with E-state index in [-0.39, 0.29) is 26.4 Å². The first-order chi connectivity index (χ1) is 15.9. The van der Waals surface area contributed by atoms with E-state index in [1.165, 1.54) is 14.2 Å². The standard InChI is InChI=1S/C25H30O8/c1-6-23(26)32-20(13-28-4)15-30-19-10-11-22-18(12-19)9-8-17(3)25(22)31-16-21(14-29-5)33-24(27)7-2/h6-12,20-21H,1-2,13-16H2,3-5H3. The van der Waals surface area contributed by atoms with Gasteiger partial charge in [-0.25, -0.2) is 9.59 Å². The molecule has 2 unspecified atom stereocenters. The summed E-state index contributed by atoms with van der Waals surface area (Å²) < 4.78 is 32.5. The minimum atomic E-state index is -0.575. The molecule has 0 aliphatic heterocycles. The molecule has 0 saturated carbocycles. The van der Waals surface area contributed by atoms with Crippen molar-refractivity contribution in [1.29, 1.82) is 0 Å². The van der Waals surface area contributed by atoms with Crippen molar-refractivity contribution in [3.05, 3.63) is 61.2 Å². The highest BCUT2D eigenvalue weighted by atomic mass is 16.6. The van der Waals surface area contributed by atoms with Crippen LogP contribution in [0.3, 0.4) is 0 Å². The maximum absolute atomic E-state index is 11.5. The third-order valence-corrected chi connectivity index (χ3v) is 4.59. The maximum atomic E-state index is 11.5. The van der Waals surface area contributed by atoms with Crippen molar-refractivity contribution < 1.29 is 38.0 Å². The Labute approximate surface area is 193 Å². The fourth-order valence-corrected chi connectivity index (χ4v) is 3.06. The van der Waals surface area contributed by atoms with Crippen LogP contribution in [0.5, 0.6) is 11.5 Å². The second-order valence-corrected chi connectivity index (χ2v) is 7.15. The third kappa shape index (κ3) is 7.93. The Morgan fingerprint density at radius 1 is 0.848 bits per heavy atom. The number of benzene rings is 2. The average Bonchev–Trinajstić information content (AvgIpc) is 2.81. The van der Waals surface area contributed by atoms with Gasteiger partial charge in [-0.05, 0) is 36.1 Å². The van der Waals surface area contributed by atoms with Crippen LogP contribution in [0.15, 0.2) is 55.6 Å². The van der Waals surface area contributed by atoms with Gasteiger partial charge >= 0.3 is 11.9 Å². The van der Waals surface area contributed by atoms with Crippen molar-refractivity contribution in [3.63, 3.8) is 0 Å². The lowest BCUT2D eigenvalue weighted by atomic mass is 10.1. The number of carbonyl (C=O) groups is 2. The molecule has 8 heteroatoms. The van der Waals surface area contributed by atoms with Crippen LogP contribution in [0.2, 0.25) is 0 Å². The van der Waals surface area contributed by atoms with Gasteiger partial charge in [0.15, 0.2) is 12.2 Å². The highest BCUT2D eigenvalue weighted by molar-refractivity contribution is 5.90. The molecule has 0 aliphatic rings. The number of carbonyl (C=O) groups excluding carboxylic acids is 2. The number of esters is 2. The Balaban J connectivity index is 2.14. The highest BCUT2D eigenvalue weighted by Crippen LogP contribution is 2.32. The Kier molecular flexibility index (Phi) is 10.4. The molecule has 2 aromatic rings. The van der Waals surface area contributed by atoms with Gasteiger partial charge < -0.3 is 28.4 Å². The van der Waals surface area contributed by atoms with E-state index in [9.17, 15) is 9.59 Å². The zero-order valence-electron chi connectivity index (χ0n) is 19.2. The van der Waals surface area contributed by atoms with Crippen molar-refractivity contribution in [2.45, 2.75) is 19.1 Å². The topological polar surface area (TPSA) is 89.5 Å². The molecule has 0 bridgehead atoms. The van der Waals surface area contributed by atoms with Crippen molar-refractivity contribution in [2.24, 2.45) is 0 Å². The Hall–Kier alpha value is -3.36. The van der Waals surface area contributed by atoms with Crippen LogP contribution in [0.4, 0.5) is 0 Å². The van der Waals surface area contributed by atoms with E-state index in [0.717, 1.165) is 28.5 Å². The minimum Gasteiger partial charge on any atom is -0.490 e. The summed E-state index contributed by atoms with van der Waals surface area (Å²) in [5.74, 6) is 0.196. The first kappa shape index (κ1) is 25.9. The molecule has 33 heavy (non-hydrogen) atoms. The summed E-state index contributed by atoms with van der Waals surface area (Å²) in [6.07, 6.45) is 1.05. The highest BCUT2D eigenvalue weighted by Gasteiger charge is 2.17. The van der Waals surface area contributed by atoms with Gasteiger partial charge in [0.25, 0.3) is 0 Å². The lowest BCUT2D eigenvalue weighted by molar-refractivity contribution is -0.148. The second kappa shape index (κ2) is 13.2. The van der Waals surface area contributed by atoms with E-state index in [4.69, 9.17) is 28.4 Å². The minimum absolute atomic E-state index is 0.124. The third-order valence-electron chi connectivity index (χ3n) is 4.59. The molecule has 0 heterocycles. The molecule has 0 amide bonds. The Morgan fingerprint density at radius 2 is 1.42 bits per heavy atom. The quantitative estimate of drug-likeness (QED) is 0.314. The smallest absolute Gasteiger partial charge is 0.330 e. The van der Waals surface area contributed by atoms with Crippen LogP contribution in [0.1, 0.15) is 5.56 Å². The van der Waals surface area contributed by atoms with E-state index in [2.05, 4.69) is 13.2 Å². The average molecular weight is 459 g/mol. The number of hydrogen-bond acceptors (Lipinski definition) is 8. The summed E-state index contributed by atoms with van der Waals surface area (Å²) in [6.45, 7) is 9.38. The Bertz CT molecular complexity index is 968. The van der Waals surface area contributed by atoms with Gasteiger partial charge in [-0.2, -0.15) is 0 Å². The fourth-order valence-electron chi connectivity index (χ4n) is 3.06. The summed E-state index contributed by atoms with van der Waals surface area (Å²) in [4.78, 5) is 23.0. The largest absolute Gasteiger partial charge is 0.490 e. The summed E-state index contributed by atoms with van der Waals surface area (Å²) in [6, 6.07) is 9.44. The van der Waals surface area contributed by atoms with Gasteiger partial charge in [0, 0.05) is 31.8 Å². The molecular weight excluding hydrogens is 428 g/mol. The second-order valence-electron chi connectivity index (χ2n) is 7.15. The zero-order chi connectivity index (χ0) is 24.2. The van der Waals surface area contributed by atoms with Gasteiger partial charge in [-0.15, -0.1) is 0 Å². The summed E-state index contributed by atoms with van der Waals surface area (Å²) in [7, 11) is 3.04. The molecule has 0 aliphatic carbocycles. The van der Waals surface area contributed by atoms with Gasteiger partial charge in [0.1, 0.15) is 24.7 Å². The van der Waals surface area contributed by atoms with Crippen LogP contribution in [-0.4, -0.2) is 64.8 Å². The van der Waals surface area contributed by atoms with Crippen LogP contribution in [-0.2, 0) is 28.5 Å². The zero-order valence-corrected chi connectivity index (χ0v) is 19.2. The van der Waals surface area contributed by atoms with Crippen LogP contribution < -0.4 is 9.47 Å². The lowest BCUT2D eigenvalue weighted by Crippen LogP contribution is -2.29. The molecule has 8 nitrogen and oxygen atoms in total. The molecule has 2 rings (SSSR count). The monoisotopic (exact) mass is 458 g/mol. The van der Waals surface area contributed by atoms with E-state index < -0.39 is 24.1 Å². The fraction of sp³-hybridized carbons (Fsp3) is 0.360.